The Bertz CT molecular complexity index is 427. The highest BCUT2D eigenvalue weighted by Crippen LogP contribution is 2.28. The average Bonchev–Trinajstić information content (AvgIpc) is 2.32. The molecule has 0 heterocycles. The maximum absolute atomic E-state index is 11.7. The molecule has 1 aromatic carbocycles. The summed E-state index contributed by atoms with van der Waals surface area (Å²) >= 11 is 0. The molecule has 4 heteroatoms. The van der Waals surface area contributed by atoms with E-state index in [1.807, 2.05) is 31.2 Å². The zero-order chi connectivity index (χ0) is 13.7. The molecule has 0 aromatic heterocycles. The summed E-state index contributed by atoms with van der Waals surface area (Å²) in [6, 6.07) is 7.49. The van der Waals surface area contributed by atoms with Crippen LogP contribution in [-0.2, 0) is 0 Å². The molecule has 1 saturated carbocycles. The molecule has 0 aliphatic heterocycles. The summed E-state index contributed by atoms with van der Waals surface area (Å²) in [5.74, 6) is 0.821. The van der Waals surface area contributed by atoms with Crippen molar-refractivity contribution in [2.75, 3.05) is 11.9 Å². The zero-order valence-electron chi connectivity index (χ0n) is 11.5. The second-order valence-electron chi connectivity index (χ2n) is 5.38. The first kappa shape index (κ1) is 13.9. The fourth-order valence-corrected chi connectivity index (χ4v) is 2.25. The molecule has 1 fully saturated rings. The predicted molar refractivity (Wildman–Crippen MR) is 78.0 cm³/mol. The van der Waals surface area contributed by atoms with Crippen molar-refractivity contribution < 1.29 is 4.79 Å². The number of hydrogen-bond acceptors (Lipinski definition) is 2. The van der Waals surface area contributed by atoms with Crippen LogP contribution in [0.25, 0.3) is 0 Å². The quantitative estimate of drug-likeness (QED) is 0.762. The van der Waals surface area contributed by atoms with Crippen LogP contribution in [0.1, 0.15) is 44.2 Å². The lowest BCUT2D eigenvalue weighted by Crippen LogP contribution is -2.31. The van der Waals surface area contributed by atoms with E-state index >= 15 is 0 Å². The van der Waals surface area contributed by atoms with Crippen molar-refractivity contribution in [3.8, 4) is 0 Å². The minimum atomic E-state index is -0.138. The van der Waals surface area contributed by atoms with Crippen molar-refractivity contribution in [1.82, 2.24) is 5.32 Å². The molecule has 104 valence electrons. The standard InChI is InChI=1S/C15H23N3O/c1-11(16)13-6-3-7-14(10-13)18-15(19)17-9-8-12-4-2-5-12/h3,6-7,10-12H,2,4-5,8-9,16H2,1H3,(H2,17,18,19). The molecule has 1 aliphatic rings. The molecular formula is C15H23N3O. The van der Waals surface area contributed by atoms with Gasteiger partial charge in [-0.1, -0.05) is 31.4 Å². The van der Waals surface area contributed by atoms with Crippen molar-refractivity contribution in [2.45, 2.75) is 38.6 Å². The van der Waals surface area contributed by atoms with Crippen LogP contribution in [0.4, 0.5) is 10.5 Å². The van der Waals surface area contributed by atoms with Gasteiger partial charge in [-0.15, -0.1) is 0 Å². The number of amides is 2. The Morgan fingerprint density at radius 2 is 2.26 bits per heavy atom. The maximum atomic E-state index is 11.7. The van der Waals surface area contributed by atoms with Crippen molar-refractivity contribution in [1.29, 1.82) is 0 Å². The number of carbonyl (C=O) groups is 1. The van der Waals surface area contributed by atoms with Gasteiger partial charge in [0.1, 0.15) is 0 Å². The van der Waals surface area contributed by atoms with E-state index in [4.69, 9.17) is 5.73 Å². The highest BCUT2D eigenvalue weighted by atomic mass is 16.2. The van der Waals surface area contributed by atoms with E-state index in [0.717, 1.165) is 30.1 Å². The number of nitrogens with one attached hydrogen (secondary N) is 2. The van der Waals surface area contributed by atoms with Gasteiger partial charge in [-0.3, -0.25) is 0 Å². The van der Waals surface area contributed by atoms with Crippen LogP contribution in [-0.4, -0.2) is 12.6 Å². The van der Waals surface area contributed by atoms with E-state index < -0.39 is 0 Å². The number of urea groups is 1. The largest absolute Gasteiger partial charge is 0.338 e. The third-order valence-electron chi connectivity index (χ3n) is 3.73. The van der Waals surface area contributed by atoms with Crippen LogP contribution in [0, 0.1) is 5.92 Å². The summed E-state index contributed by atoms with van der Waals surface area (Å²) < 4.78 is 0. The number of rotatable bonds is 5. The molecular weight excluding hydrogens is 238 g/mol. The van der Waals surface area contributed by atoms with E-state index in [1.165, 1.54) is 19.3 Å². The van der Waals surface area contributed by atoms with Crippen molar-refractivity contribution in [2.24, 2.45) is 11.7 Å². The Morgan fingerprint density at radius 3 is 2.89 bits per heavy atom. The van der Waals surface area contributed by atoms with Crippen LogP contribution in [0.3, 0.4) is 0 Å². The van der Waals surface area contributed by atoms with Crippen LogP contribution in [0.2, 0.25) is 0 Å². The number of carbonyl (C=O) groups excluding carboxylic acids is 1. The lowest BCUT2D eigenvalue weighted by Gasteiger charge is -2.25. The summed E-state index contributed by atoms with van der Waals surface area (Å²) in [6.07, 6.45) is 5.08. The van der Waals surface area contributed by atoms with E-state index in [9.17, 15) is 4.79 Å². The Kier molecular flexibility index (Phi) is 4.80. The van der Waals surface area contributed by atoms with Gasteiger partial charge in [-0.05, 0) is 37.0 Å². The molecule has 1 atom stereocenters. The lowest BCUT2D eigenvalue weighted by atomic mass is 9.83. The van der Waals surface area contributed by atoms with Gasteiger partial charge in [0.2, 0.25) is 0 Å². The minimum Gasteiger partial charge on any atom is -0.338 e. The molecule has 0 spiro atoms. The van der Waals surface area contributed by atoms with E-state index in [2.05, 4.69) is 10.6 Å². The highest BCUT2D eigenvalue weighted by molar-refractivity contribution is 5.89. The monoisotopic (exact) mass is 261 g/mol. The fraction of sp³-hybridized carbons (Fsp3) is 0.533. The Balaban J connectivity index is 1.75. The summed E-state index contributed by atoms with van der Waals surface area (Å²) in [5, 5.41) is 5.74. The van der Waals surface area contributed by atoms with Crippen LogP contribution in [0.15, 0.2) is 24.3 Å². The first-order valence-electron chi connectivity index (χ1n) is 7.05. The molecule has 1 aliphatic carbocycles. The first-order chi connectivity index (χ1) is 9.15. The molecule has 0 bridgehead atoms. The van der Waals surface area contributed by atoms with Gasteiger partial charge < -0.3 is 16.4 Å². The zero-order valence-corrected chi connectivity index (χ0v) is 11.5. The predicted octanol–water partition coefficient (Wildman–Crippen LogP) is 3.02. The van der Waals surface area contributed by atoms with E-state index in [1.54, 1.807) is 0 Å². The fourth-order valence-electron chi connectivity index (χ4n) is 2.25. The summed E-state index contributed by atoms with van der Waals surface area (Å²) in [7, 11) is 0. The Hall–Kier alpha value is -1.55. The van der Waals surface area contributed by atoms with Gasteiger partial charge in [0.05, 0.1) is 0 Å². The highest BCUT2D eigenvalue weighted by Gasteiger charge is 2.16. The molecule has 0 radical (unpaired) electrons. The van der Waals surface area contributed by atoms with Gasteiger partial charge >= 0.3 is 6.03 Å². The molecule has 1 aromatic rings. The first-order valence-corrected chi connectivity index (χ1v) is 7.05. The van der Waals surface area contributed by atoms with Crippen molar-refractivity contribution in [3.63, 3.8) is 0 Å². The van der Waals surface area contributed by atoms with E-state index in [0.29, 0.717) is 0 Å². The number of benzene rings is 1. The maximum Gasteiger partial charge on any atom is 0.319 e. The van der Waals surface area contributed by atoms with Crippen LogP contribution >= 0.6 is 0 Å². The van der Waals surface area contributed by atoms with Gasteiger partial charge in [0.25, 0.3) is 0 Å². The van der Waals surface area contributed by atoms with E-state index in [-0.39, 0.29) is 12.1 Å². The second-order valence-corrected chi connectivity index (χ2v) is 5.38. The molecule has 4 N–H and O–H groups in total. The van der Waals surface area contributed by atoms with Gasteiger partial charge in [0, 0.05) is 18.3 Å². The number of anilines is 1. The molecule has 4 nitrogen and oxygen atoms in total. The number of hydrogen-bond donors (Lipinski definition) is 3. The molecule has 0 saturated heterocycles. The molecule has 1 unspecified atom stereocenters. The van der Waals surface area contributed by atoms with Gasteiger partial charge in [-0.2, -0.15) is 0 Å². The van der Waals surface area contributed by atoms with Crippen molar-refractivity contribution in [3.05, 3.63) is 29.8 Å². The van der Waals surface area contributed by atoms with Gasteiger partial charge in [0.15, 0.2) is 0 Å². The normalized spacial score (nSPS) is 16.5. The smallest absolute Gasteiger partial charge is 0.319 e. The van der Waals surface area contributed by atoms with Crippen LogP contribution < -0.4 is 16.4 Å². The molecule has 2 amide bonds. The third kappa shape index (κ3) is 4.24. The molecule has 2 rings (SSSR count). The lowest BCUT2D eigenvalue weighted by molar-refractivity contribution is 0.247. The Morgan fingerprint density at radius 1 is 1.47 bits per heavy atom. The summed E-state index contributed by atoms with van der Waals surface area (Å²) in [4.78, 5) is 11.7. The van der Waals surface area contributed by atoms with Gasteiger partial charge in [-0.25, -0.2) is 4.79 Å². The summed E-state index contributed by atoms with van der Waals surface area (Å²) in [5.41, 5.74) is 7.63. The second kappa shape index (κ2) is 6.57. The SMILES string of the molecule is CC(N)c1cccc(NC(=O)NCCC2CCC2)c1. The van der Waals surface area contributed by atoms with Crippen LogP contribution in [0.5, 0.6) is 0 Å². The summed E-state index contributed by atoms with van der Waals surface area (Å²) in [6.45, 7) is 2.68. The van der Waals surface area contributed by atoms with Crippen molar-refractivity contribution >= 4 is 11.7 Å². The minimum absolute atomic E-state index is 0.0246. The molecule has 19 heavy (non-hydrogen) atoms. The average molecular weight is 261 g/mol. The Labute approximate surface area is 114 Å². The topological polar surface area (TPSA) is 67.1 Å². The third-order valence-corrected chi connectivity index (χ3v) is 3.73. The number of nitrogens with two attached hydrogens (primary N) is 1.